The summed E-state index contributed by atoms with van der Waals surface area (Å²) in [6.45, 7) is 1.72. The molecule has 1 heterocycles. The molecule has 6 nitrogen and oxygen atoms in total. The van der Waals surface area contributed by atoms with Gasteiger partial charge in [-0.25, -0.2) is 0 Å². The summed E-state index contributed by atoms with van der Waals surface area (Å²) in [5, 5.41) is 4.73. The van der Waals surface area contributed by atoms with Crippen molar-refractivity contribution in [2.45, 2.75) is 13.0 Å². The zero-order valence-electron chi connectivity index (χ0n) is 15.9. The Bertz CT molecular complexity index is 1090. The molecule has 1 N–H and O–H groups in total. The summed E-state index contributed by atoms with van der Waals surface area (Å²) in [5.74, 6) is 0.639. The first-order valence-electron chi connectivity index (χ1n) is 8.93. The minimum Gasteiger partial charge on any atom is -0.493 e. The molecule has 1 aliphatic rings. The third-order valence-corrected chi connectivity index (χ3v) is 5.01. The van der Waals surface area contributed by atoms with E-state index >= 15 is 0 Å². The van der Waals surface area contributed by atoms with E-state index in [2.05, 4.69) is 5.32 Å². The van der Waals surface area contributed by atoms with Gasteiger partial charge in [0.05, 0.1) is 19.9 Å². The molecule has 142 valence electrons. The van der Waals surface area contributed by atoms with Crippen LogP contribution < -0.4 is 19.7 Å². The monoisotopic (exact) mass is 376 g/mol. The van der Waals surface area contributed by atoms with Gasteiger partial charge in [-0.2, -0.15) is 0 Å². The minimum atomic E-state index is -0.682. The van der Waals surface area contributed by atoms with Gasteiger partial charge in [0.2, 0.25) is 5.91 Å². The maximum atomic E-state index is 13.0. The maximum Gasteiger partial charge on any atom is 0.259 e. The van der Waals surface area contributed by atoms with Crippen LogP contribution in [0.2, 0.25) is 0 Å². The fraction of sp³-hybridized carbons (Fsp3) is 0.182. The van der Waals surface area contributed by atoms with Crippen molar-refractivity contribution in [3.05, 3.63) is 60.2 Å². The molecule has 0 radical (unpaired) electrons. The van der Waals surface area contributed by atoms with E-state index in [-0.39, 0.29) is 11.8 Å². The lowest BCUT2D eigenvalue weighted by Gasteiger charge is -2.25. The molecule has 0 unspecified atom stereocenters. The van der Waals surface area contributed by atoms with Gasteiger partial charge < -0.3 is 14.8 Å². The molecule has 28 heavy (non-hydrogen) atoms. The van der Waals surface area contributed by atoms with Crippen LogP contribution in [0, 0.1) is 0 Å². The SMILES string of the molecule is COc1ccc(NC(=O)[C@@H](C)N2C(=O)c3cccc4cccc2c34)cc1OC. The molecule has 1 atom stereocenters. The van der Waals surface area contributed by atoms with Crippen molar-refractivity contribution in [1.29, 1.82) is 0 Å². The maximum absolute atomic E-state index is 13.0. The summed E-state index contributed by atoms with van der Waals surface area (Å²) in [7, 11) is 3.09. The van der Waals surface area contributed by atoms with Gasteiger partial charge in [0.15, 0.2) is 11.5 Å². The molecule has 0 aliphatic carbocycles. The van der Waals surface area contributed by atoms with Gasteiger partial charge in [0.1, 0.15) is 6.04 Å². The molecule has 0 saturated carbocycles. The van der Waals surface area contributed by atoms with Crippen LogP contribution in [0.5, 0.6) is 11.5 Å². The largest absolute Gasteiger partial charge is 0.493 e. The van der Waals surface area contributed by atoms with E-state index in [1.807, 2.05) is 30.3 Å². The van der Waals surface area contributed by atoms with Crippen molar-refractivity contribution in [3.63, 3.8) is 0 Å². The van der Waals surface area contributed by atoms with Crippen molar-refractivity contribution in [1.82, 2.24) is 0 Å². The Kier molecular flexibility index (Phi) is 4.39. The van der Waals surface area contributed by atoms with Crippen LogP contribution in [0.25, 0.3) is 10.8 Å². The highest BCUT2D eigenvalue weighted by Gasteiger charge is 2.35. The first-order valence-corrected chi connectivity index (χ1v) is 8.93. The molecular formula is C22H20N2O4. The molecule has 4 rings (SSSR count). The van der Waals surface area contributed by atoms with Crippen LogP contribution in [-0.2, 0) is 4.79 Å². The number of benzene rings is 3. The first kappa shape index (κ1) is 17.9. The van der Waals surface area contributed by atoms with Crippen LogP contribution >= 0.6 is 0 Å². The second kappa shape index (κ2) is 6.88. The van der Waals surface area contributed by atoms with Crippen LogP contribution in [-0.4, -0.2) is 32.1 Å². The van der Waals surface area contributed by atoms with Gasteiger partial charge in [-0.1, -0.05) is 24.3 Å². The molecule has 0 aromatic heterocycles. The number of methoxy groups -OCH3 is 2. The molecule has 1 aliphatic heterocycles. The summed E-state index contributed by atoms with van der Waals surface area (Å²) in [5.41, 5.74) is 1.95. The average molecular weight is 376 g/mol. The smallest absolute Gasteiger partial charge is 0.259 e. The molecular weight excluding hydrogens is 356 g/mol. The summed E-state index contributed by atoms with van der Waals surface area (Å²) >= 11 is 0. The van der Waals surface area contributed by atoms with Crippen LogP contribution in [0.1, 0.15) is 17.3 Å². The molecule has 3 aromatic carbocycles. The number of hydrogen-bond acceptors (Lipinski definition) is 4. The van der Waals surface area contributed by atoms with E-state index in [1.165, 1.54) is 7.11 Å². The third-order valence-electron chi connectivity index (χ3n) is 5.01. The van der Waals surface area contributed by atoms with Gasteiger partial charge >= 0.3 is 0 Å². The summed E-state index contributed by atoms with van der Waals surface area (Å²) in [4.78, 5) is 27.4. The average Bonchev–Trinajstić information content (AvgIpc) is 3.01. The third kappa shape index (κ3) is 2.74. The van der Waals surface area contributed by atoms with Crippen molar-refractivity contribution in [2.75, 3.05) is 24.4 Å². The normalized spacial score (nSPS) is 13.5. The standard InChI is InChI=1S/C22H20N2O4/c1-13(21(25)23-15-10-11-18(27-2)19(12-15)28-3)24-17-9-5-7-14-6-4-8-16(20(14)17)22(24)26/h4-13H,1-3H3,(H,23,25)/t13-/m1/s1. The number of nitrogens with one attached hydrogen (secondary N) is 1. The molecule has 0 spiro atoms. The molecule has 3 aromatic rings. The van der Waals surface area contributed by atoms with Crippen molar-refractivity contribution in [3.8, 4) is 11.5 Å². The molecule has 6 heteroatoms. The van der Waals surface area contributed by atoms with E-state index in [0.717, 1.165) is 16.5 Å². The highest BCUT2D eigenvalue weighted by molar-refractivity contribution is 6.26. The fourth-order valence-corrected chi connectivity index (χ4v) is 3.60. The number of carbonyl (C=O) groups is 2. The molecule has 0 fully saturated rings. The second-order valence-corrected chi connectivity index (χ2v) is 6.59. The number of anilines is 2. The topological polar surface area (TPSA) is 67.9 Å². The Morgan fingerprint density at radius 2 is 1.71 bits per heavy atom. The number of rotatable bonds is 5. The van der Waals surface area contributed by atoms with E-state index in [1.54, 1.807) is 43.2 Å². The molecule has 2 amide bonds. The van der Waals surface area contributed by atoms with Crippen molar-refractivity contribution < 1.29 is 19.1 Å². The molecule has 0 bridgehead atoms. The Hall–Kier alpha value is -3.54. The van der Waals surface area contributed by atoms with E-state index in [0.29, 0.717) is 22.7 Å². The number of hydrogen-bond donors (Lipinski definition) is 1. The van der Waals surface area contributed by atoms with Gasteiger partial charge in [0.25, 0.3) is 5.91 Å². The van der Waals surface area contributed by atoms with Crippen LogP contribution in [0.3, 0.4) is 0 Å². The van der Waals surface area contributed by atoms with Crippen LogP contribution in [0.15, 0.2) is 54.6 Å². The highest BCUT2D eigenvalue weighted by Crippen LogP contribution is 2.38. The Balaban J connectivity index is 1.62. The van der Waals surface area contributed by atoms with Crippen molar-refractivity contribution in [2.24, 2.45) is 0 Å². The van der Waals surface area contributed by atoms with Gasteiger partial charge in [0, 0.05) is 22.7 Å². The number of amides is 2. The fourth-order valence-electron chi connectivity index (χ4n) is 3.60. The second-order valence-electron chi connectivity index (χ2n) is 6.59. The Labute approximate surface area is 162 Å². The van der Waals surface area contributed by atoms with Crippen LogP contribution in [0.4, 0.5) is 11.4 Å². The quantitative estimate of drug-likeness (QED) is 0.735. The van der Waals surface area contributed by atoms with Gasteiger partial charge in [-0.15, -0.1) is 0 Å². The lowest BCUT2D eigenvalue weighted by atomic mass is 10.1. The summed E-state index contributed by atoms with van der Waals surface area (Å²) < 4.78 is 10.5. The van der Waals surface area contributed by atoms with E-state index < -0.39 is 6.04 Å². The lowest BCUT2D eigenvalue weighted by Crippen LogP contribution is -2.44. The summed E-state index contributed by atoms with van der Waals surface area (Å²) in [6, 6.07) is 15.8. The number of ether oxygens (including phenoxy) is 2. The van der Waals surface area contributed by atoms with E-state index in [4.69, 9.17) is 9.47 Å². The zero-order valence-corrected chi connectivity index (χ0v) is 15.9. The highest BCUT2D eigenvalue weighted by atomic mass is 16.5. The Morgan fingerprint density at radius 1 is 1.00 bits per heavy atom. The van der Waals surface area contributed by atoms with Crippen molar-refractivity contribution >= 4 is 34.0 Å². The number of carbonyl (C=O) groups excluding carboxylic acids is 2. The lowest BCUT2D eigenvalue weighted by molar-refractivity contribution is -0.117. The minimum absolute atomic E-state index is 0.165. The zero-order chi connectivity index (χ0) is 19.8. The van der Waals surface area contributed by atoms with E-state index in [9.17, 15) is 9.59 Å². The van der Waals surface area contributed by atoms with Gasteiger partial charge in [-0.05, 0) is 36.6 Å². The first-order chi connectivity index (χ1) is 13.5. The Morgan fingerprint density at radius 3 is 2.43 bits per heavy atom. The number of nitrogens with zero attached hydrogens (tertiary/aromatic N) is 1. The molecule has 0 saturated heterocycles. The summed E-state index contributed by atoms with van der Waals surface area (Å²) in [6.07, 6.45) is 0. The predicted molar refractivity (Wildman–Crippen MR) is 108 cm³/mol. The predicted octanol–water partition coefficient (Wildman–Crippen LogP) is 3.84. The van der Waals surface area contributed by atoms with Gasteiger partial charge in [-0.3, -0.25) is 14.5 Å².